The molecule has 0 aromatic carbocycles. The highest BCUT2D eigenvalue weighted by Gasteiger charge is 1.95. The van der Waals surface area contributed by atoms with Gasteiger partial charge in [0.05, 0.1) is 32.2 Å². The minimum absolute atomic E-state index is 0.221. The fourth-order valence-electron chi connectivity index (χ4n) is 1.01. The Labute approximate surface area is 93.6 Å². The fourth-order valence-corrected chi connectivity index (χ4v) is 1.01. The highest BCUT2D eigenvalue weighted by molar-refractivity contribution is 5.04. The molecule has 1 aromatic rings. The smallest absolute Gasteiger partial charge is 0.254 e. The highest BCUT2D eigenvalue weighted by atomic mass is 16.5. The molecule has 0 saturated heterocycles. The van der Waals surface area contributed by atoms with E-state index in [0.29, 0.717) is 32.3 Å². The Morgan fingerprint density at radius 3 is 2.94 bits per heavy atom. The van der Waals surface area contributed by atoms with Crippen LogP contribution in [0.1, 0.15) is 6.42 Å². The van der Waals surface area contributed by atoms with Crippen LogP contribution in [-0.2, 0) is 9.47 Å². The number of aromatic amines is 1. The first kappa shape index (κ1) is 12.7. The Morgan fingerprint density at radius 2 is 2.19 bits per heavy atom. The van der Waals surface area contributed by atoms with Gasteiger partial charge in [0.25, 0.3) is 5.56 Å². The summed E-state index contributed by atoms with van der Waals surface area (Å²) in [7, 11) is 1.63. The lowest BCUT2D eigenvalue weighted by atomic mass is 10.5. The van der Waals surface area contributed by atoms with Gasteiger partial charge in [0, 0.05) is 20.1 Å². The van der Waals surface area contributed by atoms with Crippen LogP contribution >= 0.6 is 0 Å². The maximum Gasteiger partial charge on any atom is 0.254 e. The normalized spacial score (nSPS) is 10.3. The molecule has 6 nitrogen and oxygen atoms in total. The molecule has 1 heterocycles. The zero-order valence-electron chi connectivity index (χ0n) is 9.27. The van der Waals surface area contributed by atoms with Crippen molar-refractivity contribution in [3.8, 4) is 5.88 Å². The van der Waals surface area contributed by atoms with Crippen molar-refractivity contribution < 1.29 is 14.2 Å². The maximum atomic E-state index is 10.9. The number of methoxy groups -OCH3 is 1. The van der Waals surface area contributed by atoms with Crippen molar-refractivity contribution in [2.24, 2.45) is 0 Å². The van der Waals surface area contributed by atoms with Crippen LogP contribution in [0.15, 0.2) is 17.2 Å². The Bertz CT molecular complexity index is 340. The van der Waals surface area contributed by atoms with Crippen molar-refractivity contribution in [1.29, 1.82) is 0 Å². The van der Waals surface area contributed by atoms with Crippen molar-refractivity contribution >= 4 is 0 Å². The molecule has 0 aliphatic rings. The van der Waals surface area contributed by atoms with E-state index < -0.39 is 0 Å². The molecule has 0 spiro atoms. The third-order valence-electron chi connectivity index (χ3n) is 1.77. The molecule has 0 atom stereocenters. The van der Waals surface area contributed by atoms with Gasteiger partial charge >= 0.3 is 0 Å². The molecular weight excluding hydrogens is 212 g/mol. The third kappa shape index (κ3) is 5.47. The summed E-state index contributed by atoms with van der Waals surface area (Å²) in [5, 5.41) is 0. The molecule has 6 heteroatoms. The number of aromatic nitrogens is 2. The molecule has 0 bridgehead atoms. The lowest BCUT2D eigenvalue weighted by Crippen LogP contribution is -2.09. The second-order valence-electron chi connectivity index (χ2n) is 3.06. The molecule has 0 saturated carbocycles. The van der Waals surface area contributed by atoms with E-state index in [2.05, 4.69) is 9.97 Å². The summed E-state index contributed by atoms with van der Waals surface area (Å²) < 4.78 is 15.3. The van der Waals surface area contributed by atoms with E-state index in [0.717, 1.165) is 6.42 Å². The van der Waals surface area contributed by atoms with Crippen LogP contribution in [0.25, 0.3) is 0 Å². The van der Waals surface area contributed by atoms with Gasteiger partial charge in [0.2, 0.25) is 5.88 Å². The molecule has 0 amide bonds. The van der Waals surface area contributed by atoms with Gasteiger partial charge in [-0.25, -0.2) is 4.98 Å². The maximum absolute atomic E-state index is 10.9. The average Bonchev–Trinajstić information content (AvgIpc) is 2.28. The van der Waals surface area contributed by atoms with Gasteiger partial charge in [0.1, 0.15) is 0 Å². The van der Waals surface area contributed by atoms with E-state index >= 15 is 0 Å². The zero-order valence-corrected chi connectivity index (χ0v) is 9.27. The summed E-state index contributed by atoms with van der Waals surface area (Å²) >= 11 is 0. The number of ether oxygens (including phenoxy) is 3. The van der Waals surface area contributed by atoms with Crippen LogP contribution in [0.2, 0.25) is 0 Å². The van der Waals surface area contributed by atoms with Crippen molar-refractivity contribution in [2.75, 3.05) is 33.5 Å². The SMILES string of the molecule is COCCOCCCOc1cc(=O)[nH]cn1. The number of hydrogen-bond acceptors (Lipinski definition) is 5. The van der Waals surface area contributed by atoms with Crippen molar-refractivity contribution in [2.45, 2.75) is 6.42 Å². The third-order valence-corrected chi connectivity index (χ3v) is 1.77. The van der Waals surface area contributed by atoms with Crippen molar-refractivity contribution in [3.63, 3.8) is 0 Å². The molecule has 0 radical (unpaired) electrons. The molecule has 1 N–H and O–H groups in total. The molecule has 0 aliphatic heterocycles. The van der Waals surface area contributed by atoms with Gasteiger partial charge < -0.3 is 19.2 Å². The fraction of sp³-hybridized carbons (Fsp3) is 0.600. The summed E-state index contributed by atoms with van der Waals surface area (Å²) in [5.74, 6) is 0.334. The monoisotopic (exact) mass is 228 g/mol. The number of H-pyrrole nitrogens is 1. The van der Waals surface area contributed by atoms with Gasteiger partial charge in [0.15, 0.2) is 0 Å². The molecule has 1 rings (SSSR count). The molecule has 0 fully saturated rings. The first-order valence-electron chi connectivity index (χ1n) is 5.07. The van der Waals surface area contributed by atoms with Crippen LogP contribution < -0.4 is 10.3 Å². The Morgan fingerprint density at radius 1 is 1.31 bits per heavy atom. The molecular formula is C10H16N2O4. The van der Waals surface area contributed by atoms with E-state index in [9.17, 15) is 4.79 Å². The predicted octanol–water partition coefficient (Wildman–Crippen LogP) is 0.202. The Hall–Kier alpha value is -1.40. The lowest BCUT2D eigenvalue weighted by molar-refractivity contribution is 0.0642. The first-order valence-corrected chi connectivity index (χ1v) is 5.07. The van der Waals surface area contributed by atoms with Gasteiger partial charge in [-0.15, -0.1) is 0 Å². The van der Waals surface area contributed by atoms with Crippen LogP contribution in [0.3, 0.4) is 0 Å². The van der Waals surface area contributed by atoms with Gasteiger partial charge in [-0.2, -0.15) is 0 Å². The largest absolute Gasteiger partial charge is 0.477 e. The van der Waals surface area contributed by atoms with Crippen LogP contribution in [0, 0.1) is 0 Å². The number of hydrogen-bond donors (Lipinski definition) is 1. The first-order chi connectivity index (χ1) is 7.83. The summed E-state index contributed by atoms with van der Waals surface area (Å²) in [4.78, 5) is 17.1. The minimum Gasteiger partial charge on any atom is -0.477 e. The summed E-state index contributed by atoms with van der Waals surface area (Å²) in [5.41, 5.74) is -0.221. The van der Waals surface area contributed by atoms with E-state index in [1.54, 1.807) is 7.11 Å². The van der Waals surface area contributed by atoms with E-state index in [1.165, 1.54) is 12.4 Å². The second kappa shape index (κ2) is 7.84. The van der Waals surface area contributed by atoms with Crippen molar-refractivity contribution in [3.05, 3.63) is 22.7 Å². The molecule has 0 unspecified atom stereocenters. The lowest BCUT2D eigenvalue weighted by Gasteiger charge is -2.05. The summed E-state index contributed by atoms with van der Waals surface area (Å²) in [6, 6.07) is 1.31. The Balaban J connectivity index is 2.05. The predicted molar refractivity (Wildman–Crippen MR) is 57.7 cm³/mol. The average molecular weight is 228 g/mol. The van der Waals surface area contributed by atoms with Gasteiger partial charge in [-0.05, 0) is 0 Å². The second-order valence-corrected chi connectivity index (χ2v) is 3.06. The van der Waals surface area contributed by atoms with Gasteiger partial charge in [-0.1, -0.05) is 0 Å². The number of rotatable bonds is 8. The number of nitrogens with one attached hydrogen (secondary N) is 1. The molecule has 0 aliphatic carbocycles. The van der Waals surface area contributed by atoms with E-state index in [-0.39, 0.29) is 5.56 Å². The van der Waals surface area contributed by atoms with Crippen LogP contribution in [0.4, 0.5) is 0 Å². The molecule has 1 aromatic heterocycles. The quantitative estimate of drug-likeness (QED) is 0.643. The van der Waals surface area contributed by atoms with E-state index in [4.69, 9.17) is 14.2 Å². The molecule has 90 valence electrons. The topological polar surface area (TPSA) is 73.4 Å². The van der Waals surface area contributed by atoms with Crippen molar-refractivity contribution in [1.82, 2.24) is 9.97 Å². The molecule has 16 heavy (non-hydrogen) atoms. The van der Waals surface area contributed by atoms with E-state index in [1.807, 2.05) is 0 Å². The minimum atomic E-state index is -0.221. The summed E-state index contributed by atoms with van der Waals surface area (Å²) in [6.45, 7) is 2.26. The highest BCUT2D eigenvalue weighted by Crippen LogP contribution is 1.99. The standard InChI is InChI=1S/C10H16N2O4/c1-14-5-6-15-3-2-4-16-10-7-9(13)11-8-12-10/h7-8H,2-6H2,1H3,(H,11,12,13). The summed E-state index contributed by atoms with van der Waals surface area (Å²) in [6.07, 6.45) is 2.06. The van der Waals surface area contributed by atoms with Crippen LogP contribution in [-0.4, -0.2) is 43.5 Å². The Kier molecular flexibility index (Phi) is 6.20. The van der Waals surface area contributed by atoms with Crippen LogP contribution in [0.5, 0.6) is 5.88 Å². The number of nitrogens with zero attached hydrogens (tertiary/aromatic N) is 1. The zero-order chi connectivity index (χ0) is 11.6. The van der Waals surface area contributed by atoms with Gasteiger partial charge in [-0.3, -0.25) is 4.79 Å².